The van der Waals surface area contributed by atoms with Crippen LogP contribution in [0, 0.1) is 0 Å². The van der Waals surface area contributed by atoms with E-state index in [4.69, 9.17) is 4.74 Å². The molecule has 4 aromatic rings. The normalized spacial score (nSPS) is 12.2. The number of nitrogens with zero attached hydrogens (tertiary/aromatic N) is 4. The van der Waals surface area contributed by atoms with E-state index in [1.165, 1.54) is 25.0 Å². The molecular weight excluding hydrogens is 532 g/mol. The number of hydrogen-bond donors (Lipinski definition) is 4. The van der Waals surface area contributed by atoms with Crippen LogP contribution in [-0.2, 0) is 40.3 Å². The number of aromatic nitrogens is 4. The van der Waals surface area contributed by atoms with Crippen LogP contribution in [0.15, 0.2) is 85.7 Å². The number of imidazole rings is 2. The molecule has 4 N–H and O–H groups in total. The van der Waals surface area contributed by atoms with Gasteiger partial charge >= 0.3 is 24.1 Å². The summed E-state index contributed by atoms with van der Waals surface area (Å²) in [5.41, 5.74) is 2.09. The highest BCUT2D eigenvalue weighted by Crippen LogP contribution is 2.18. The van der Waals surface area contributed by atoms with Crippen LogP contribution >= 0.6 is 0 Å². The summed E-state index contributed by atoms with van der Waals surface area (Å²) in [7, 11) is 0. The van der Waals surface area contributed by atoms with Gasteiger partial charge in [0, 0.05) is 49.7 Å². The topological polar surface area (TPSA) is 182 Å². The molecule has 2 aromatic heterocycles. The first kappa shape index (κ1) is 28.5. The molecule has 0 unspecified atom stereocenters. The minimum atomic E-state index is -1.45. The Hall–Kier alpha value is -5.46. The molecule has 0 saturated carbocycles. The standard InChI is InChI=1S/C28H28N6O7/c35-25(23(11-21-13-29-17-31-21)33(27(37)38)15-19-7-3-1-4-8-19)41-26(36)24(12-22-14-30-18-32-22)34(28(39)40)16-20-9-5-2-6-10-20/h1-10,13-14,17-18,23-24H,11-12,15-16H2,(H,29,31)(H,30,32)(H,37,38)(H,39,40)/t23-,24-/m0/s1. The van der Waals surface area contributed by atoms with Crippen molar-refractivity contribution in [1.29, 1.82) is 0 Å². The van der Waals surface area contributed by atoms with Crippen molar-refractivity contribution in [3.63, 3.8) is 0 Å². The number of carbonyl (C=O) groups is 4. The van der Waals surface area contributed by atoms with Crippen LogP contribution < -0.4 is 0 Å². The first-order valence-electron chi connectivity index (χ1n) is 12.6. The fraction of sp³-hybridized carbons (Fsp3) is 0.214. The van der Waals surface area contributed by atoms with Crippen molar-refractivity contribution < 1.29 is 34.1 Å². The van der Waals surface area contributed by atoms with Crippen molar-refractivity contribution in [1.82, 2.24) is 29.7 Å². The Balaban J connectivity index is 1.62. The smallest absolute Gasteiger partial charge is 0.408 e. The van der Waals surface area contributed by atoms with E-state index in [1.807, 2.05) is 0 Å². The molecule has 2 heterocycles. The van der Waals surface area contributed by atoms with Crippen LogP contribution in [0.5, 0.6) is 0 Å². The zero-order chi connectivity index (χ0) is 29.2. The third-order valence-corrected chi connectivity index (χ3v) is 6.32. The second kappa shape index (κ2) is 13.6. The number of nitrogens with one attached hydrogen (secondary N) is 2. The molecule has 0 aliphatic rings. The fourth-order valence-electron chi connectivity index (χ4n) is 4.27. The van der Waals surface area contributed by atoms with Gasteiger partial charge in [-0.05, 0) is 11.1 Å². The molecule has 2 amide bonds. The van der Waals surface area contributed by atoms with Crippen LogP contribution in [-0.4, -0.2) is 76.2 Å². The minimum absolute atomic E-state index is 0.162. The number of ether oxygens (including phenoxy) is 1. The lowest BCUT2D eigenvalue weighted by Crippen LogP contribution is -2.50. The van der Waals surface area contributed by atoms with Crippen LogP contribution in [0.4, 0.5) is 9.59 Å². The van der Waals surface area contributed by atoms with Crippen molar-refractivity contribution >= 4 is 24.1 Å². The molecular formula is C28H28N6O7. The summed E-state index contributed by atoms with van der Waals surface area (Å²) in [6.45, 7) is -0.323. The predicted octanol–water partition coefficient (Wildman–Crippen LogP) is 3.09. The maximum Gasteiger partial charge on any atom is 0.408 e. The number of H-pyrrole nitrogens is 2. The molecule has 0 radical (unpaired) electrons. The lowest BCUT2D eigenvalue weighted by Gasteiger charge is -2.30. The molecule has 0 aliphatic carbocycles. The van der Waals surface area contributed by atoms with E-state index < -0.39 is 36.2 Å². The van der Waals surface area contributed by atoms with Gasteiger partial charge in [0.15, 0.2) is 0 Å². The van der Waals surface area contributed by atoms with Crippen LogP contribution in [0.3, 0.4) is 0 Å². The molecule has 0 fully saturated rings. The Bertz CT molecular complexity index is 1320. The van der Waals surface area contributed by atoms with Gasteiger partial charge in [0.1, 0.15) is 12.1 Å². The predicted molar refractivity (Wildman–Crippen MR) is 143 cm³/mol. The number of hydrogen-bond acceptors (Lipinski definition) is 7. The summed E-state index contributed by atoms with van der Waals surface area (Å²) in [5, 5.41) is 20.1. The van der Waals surface area contributed by atoms with Gasteiger partial charge in [-0.25, -0.2) is 29.1 Å². The molecule has 13 heteroatoms. The molecule has 0 aliphatic heterocycles. The maximum absolute atomic E-state index is 13.5. The summed E-state index contributed by atoms with van der Waals surface area (Å²) in [6, 6.07) is 14.4. The summed E-state index contributed by atoms with van der Waals surface area (Å²) in [4.78, 5) is 66.9. The molecule has 0 spiro atoms. The summed E-state index contributed by atoms with van der Waals surface area (Å²) in [5.74, 6) is -2.30. The van der Waals surface area contributed by atoms with Gasteiger partial charge in [-0.1, -0.05) is 60.7 Å². The maximum atomic E-state index is 13.5. The lowest BCUT2D eigenvalue weighted by atomic mass is 10.1. The fourth-order valence-corrected chi connectivity index (χ4v) is 4.27. The third kappa shape index (κ3) is 7.79. The Kier molecular flexibility index (Phi) is 9.44. The highest BCUT2D eigenvalue weighted by Gasteiger charge is 2.38. The van der Waals surface area contributed by atoms with Crippen molar-refractivity contribution in [3.05, 3.63) is 108 Å². The molecule has 13 nitrogen and oxygen atoms in total. The van der Waals surface area contributed by atoms with E-state index in [-0.39, 0.29) is 25.9 Å². The second-order valence-corrected chi connectivity index (χ2v) is 9.13. The number of carboxylic acid groups (broad SMARTS) is 2. The number of carbonyl (C=O) groups excluding carboxylic acids is 2. The summed E-state index contributed by atoms with van der Waals surface area (Å²) < 4.78 is 5.25. The molecule has 0 bridgehead atoms. The van der Waals surface area contributed by atoms with Crippen molar-refractivity contribution in [2.24, 2.45) is 0 Å². The zero-order valence-corrected chi connectivity index (χ0v) is 21.8. The number of amides is 2. The van der Waals surface area contributed by atoms with Crippen molar-refractivity contribution in [3.8, 4) is 0 Å². The highest BCUT2D eigenvalue weighted by atomic mass is 16.6. The molecule has 4 rings (SSSR count). The summed E-state index contributed by atoms with van der Waals surface area (Å²) in [6.07, 6.45) is 2.46. The van der Waals surface area contributed by atoms with E-state index in [0.717, 1.165) is 9.80 Å². The molecule has 0 saturated heterocycles. The summed E-state index contributed by atoms with van der Waals surface area (Å²) >= 11 is 0. The second-order valence-electron chi connectivity index (χ2n) is 9.13. The van der Waals surface area contributed by atoms with E-state index in [1.54, 1.807) is 60.7 Å². The first-order chi connectivity index (χ1) is 19.8. The van der Waals surface area contributed by atoms with E-state index in [2.05, 4.69) is 19.9 Å². The van der Waals surface area contributed by atoms with Gasteiger partial charge in [0.2, 0.25) is 0 Å². The van der Waals surface area contributed by atoms with Gasteiger partial charge in [-0.15, -0.1) is 0 Å². The molecule has 2 atom stereocenters. The number of rotatable bonds is 12. The number of esters is 2. The quantitative estimate of drug-likeness (QED) is 0.149. The van der Waals surface area contributed by atoms with Gasteiger partial charge in [-0.3, -0.25) is 9.80 Å². The van der Waals surface area contributed by atoms with Gasteiger partial charge in [0.25, 0.3) is 0 Å². The van der Waals surface area contributed by atoms with E-state index in [0.29, 0.717) is 22.5 Å². The first-order valence-corrected chi connectivity index (χ1v) is 12.6. The lowest BCUT2D eigenvalue weighted by molar-refractivity contribution is -0.166. The Morgan fingerprint density at radius 3 is 1.39 bits per heavy atom. The van der Waals surface area contributed by atoms with E-state index in [9.17, 15) is 29.4 Å². The Morgan fingerprint density at radius 2 is 1.07 bits per heavy atom. The Labute approximate surface area is 234 Å². The monoisotopic (exact) mass is 560 g/mol. The molecule has 41 heavy (non-hydrogen) atoms. The number of aromatic amines is 2. The van der Waals surface area contributed by atoms with E-state index >= 15 is 0 Å². The van der Waals surface area contributed by atoms with Crippen LogP contribution in [0.1, 0.15) is 22.5 Å². The molecule has 2 aromatic carbocycles. The van der Waals surface area contributed by atoms with Crippen LogP contribution in [0.25, 0.3) is 0 Å². The largest absolute Gasteiger partial charge is 0.465 e. The molecule has 212 valence electrons. The van der Waals surface area contributed by atoms with Crippen molar-refractivity contribution in [2.45, 2.75) is 38.0 Å². The van der Waals surface area contributed by atoms with Gasteiger partial charge < -0.3 is 24.9 Å². The van der Waals surface area contributed by atoms with Crippen LogP contribution in [0.2, 0.25) is 0 Å². The minimum Gasteiger partial charge on any atom is -0.465 e. The Morgan fingerprint density at radius 1 is 0.683 bits per heavy atom. The van der Waals surface area contributed by atoms with Gasteiger partial charge in [0.05, 0.1) is 12.7 Å². The number of benzene rings is 2. The average Bonchev–Trinajstić information content (AvgIpc) is 3.68. The SMILES string of the molecule is O=C(OC(=O)[C@H](Cc1cnc[nH]1)N(Cc1ccccc1)C(=O)O)[C@H](Cc1cnc[nH]1)N(Cc1ccccc1)C(=O)O. The van der Waals surface area contributed by atoms with Crippen molar-refractivity contribution in [2.75, 3.05) is 0 Å². The van der Waals surface area contributed by atoms with Gasteiger partial charge in [-0.2, -0.15) is 0 Å². The third-order valence-electron chi connectivity index (χ3n) is 6.32. The highest BCUT2D eigenvalue weighted by molar-refractivity contribution is 5.93. The average molecular weight is 561 g/mol. The zero-order valence-electron chi connectivity index (χ0n) is 21.8.